The number of hydrogen-bond donors (Lipinski definition) is 0. The van der Waals surface area contributed by atoms with E-state index >= 15 is 0 Å². The molecule has 0 saturated carbocycles. The molecule has 0 fully saturated rings. The zero-order chi connectivity index (χ0) is 20.9. The molecule has 1 amide bonds. The summed E-state index contributed by atoms with van der Waals surface area (Å²) < 4.78 is 83.1. The van der Waals surface area contributed by atoms with Gasteiger partial charge in [0.25, 0.3) is 5.91 Å². The van der Waals surface area contributed by atoms with Crippen molar-refractivity contribution in [2.45, 2.75) is 10.3 Å². The van der Waals surface area contributed by atoms with E-state index < -0.39 is 51.7 Å². The van der Waals surface area contributed by atoms with Gasteiger partial charge in [0.1, 0.15) is 11.2 Å². The van der Waals surface area contributed by atoms with Gasteiger partial charge in [-0.3, -0.25) is 9.69 Å². The minimum atomic E-state index is -2.28. The summed E-state index contributed by atoms with van der Waals surface area (Å²) in [5.74, 6) is -11.9. The Hall–Kier alpha value is -2.94. The summed E-state index contributed by atoms with van der Waals surface area (Å²) >= 11 is 0.770. The molecule has 2 nitrogen and oxygen atoms in total. The van der Waals surface area contributed by atoms with Crippen LogP contribution in [0.1, 0.15) is 21.3 Å². The first-order chi connectivity index (χ1) is 13.8. The number of fused-ring (bicyclic) bond motifs is 1. The van der Waals surface area contributed by atoms with Gasteiger partial charge in [0.05, 0.1) is 11.3 Å². The maximum atomic E-state index is 14.4. The van der Waals surface area contributed by atoms with Crippen LogP contribution in [0.4, 0.5) is 32.0 Å². The van der Waals surface area contributed by atoms with Crippen molar-refractivity contribution in [1.29, 1.82) is 0 Å². The van der Waals surface area contributed by atoms with Crippen molar-refractivity contribution in [1.82, 2.24) is 0 Å². The SMILES string of the molecule is O=C(c1ccc(F)cc1)N1c2ccccc2SC1c1c(F)c(F)c(F)c(F)c1F. The molecule has 1 aliphatic heterocycles. The zero-order valence-corrected chi connectivity index (χ0v) is 15.0. The topological polar surface area (TPSA) is 20.3 Å². The summed E-state index contributed by atoms with van der Waals surface area (Å²) in [5, 5.41) is -1.55. The van der Waals surface area contributed by atoms with E-state index in [-0.39, 0.29) is 11.3 Å². The molecule has 1 aliphatic rings. The third-order valence-corrected chi connectivity index (χ3v) is 5.67. The van der Waals surface area contributed by atoms with Crippen LogP contribution in [-0.4, -0.2) is 5.91 Å². The number of thioether (sulfide) groups is 1. The van der Waals surface area contributed by atoms with E-state index in [0.29, 0.717) is 4.90 Å². The predicted octanol–water partition coefficient (Wildman–Crippen LogP) is 5.97. The summed E-state index contributed by atoms with van der Waals surface area (Å²) in [5.41, 5.74) is -0.906. The highest BCUT2D eigenvalue weighted by molar-refractivity contribution is 8.00. The molecule has 0 radical (unpaired) electrons. The first-order valence-corrected chi connectivity index (χ1v) is 9.05. The number of amides is 1. The minimum Gasteiger partial charge on any atom is -0.290 e. The Bertz CT molecular complexity index is 1110. The Morgan fingerprint density at radius 3 is 1.93 bits per heavy atom. The normalized spacial score (nSPS) is 15.5. The monoisotopic (exact) mass is 425 g/mol. The molecule has 0 saturated heterocycles. The highest BCUT2D eigenvalue weighted by atomic mass is 32.2. The second-order valence-electron chi connectivity index (χ2n) is 6.10. The van der Waals surface area contributed by atoms with Crippen LogP contribution in [0.15, 0.2) is 53.4 Å². The number of nitrogens with zero attached hydrogens (tertiary/aromatic N) is 1. The fourth-order valence-corrected chi connectivity index (χ4v) is 4.35. The van der Waals surface area contributed by atoms with Gasteiger partial charge in [0, 0.05) is 10.5 Å². The van der Waals surface area contributed by atoms with Crippen molar-refractivity contribution in [3.05, 3.63) is 94.6 Å². The van der Waals surface area contributed by atoms with E-state index in [1.807, 2.05) is 0 Å². The summed E-state index contributed by atoms with van der Waals surface area (Å²) in [7, 11) is 0. The summed E-state index contributed by atoms with van der Waals surface area (Å²) in [6.45, 7) is 0. The number of anilines is 1. The maximum Gasteiger partial charge on any atom is 0.259 e. The van der Waals surface area contributed by atoms with Gasteiger partial charge in [-0.1, -0.05) is 23.9 Å². The van der Waals surface area contributed by atoms with Crippen LogP contribution in [-0.2, 0) is 0 Å². The van der Waals surface area contributed by atoms with E-state index in [2.05, 4.69) is 0 Å². The van der Waals surface area contributed by atoms with Gasteiger partial charge in [-0.2, -0.15) is 0 Å². The molecule has 9 heteroatoms. The lowest BCUT2D eigenvalue weighted by Gasteiger charge is -2.26. The average molecular weight is 425 g/mol. The van der Waals surface area contributed by atoms with Crippen LogP contribution in [0.2, 0.25) is 0 Å². The first-order valence-electron chi connectivity index (χ1n) is 8.17. The molecular weight excluding hydrogens is 416 g/mol. The fourth-order valence-electron chi connectivity index (χ4n) is 3.03. The van der Waals surface area contributed by atoms with Crippen molar-refractivity contribution in [2.75, 3.05) is 4.90 Å². The number of carbonyl (C=O) groups excluding carboxylic acids is 1. The maximum absolute atomic E-state index is 14.4. The molecule has 4 rings (SSSR count). The Labute approximate surface area is 164 Å². The van der Waals surface area contributed by atoms with E-state index in [0.717, 1.165) is 28.8 Å². The van der Waals surface area contributed by atoms with E-state index in [4.69, 9.17) is 0 Å². The highest BCUT2D eigenvalue weighted by Crippen LogP contribution is 2.53. The van der Waals surface area contributed by atoms with Crippen LogP contribution in [0.25, 0.3) is 0 Å². The lowest BCUT2D eigenvalue weighted by Crippen LogP contribution is -2.32. The van der Waals surface area contributed by atoms with Gasteiger partial charge in [-0.05, 0) is 36.4 Å². The van der Waals surface area contributed by atoms with Gasteiger partial charge in [-0.15, -0.1) is 0 Å². The van der Waals surface area contributed by atoms with Crippen molar-refractivity contribution < 1.29 is 31.1 Å². The molecule has 148 valence electrons. The second-order valence-corrected chi connectivity index (χ2v) is 7.23. The van der Waals surface area contributed by atoms with Crippen LogP contribution < -0.4 is 4.90 Å². The number of halogens is 6. The Kier molecular flexibility index (Phi) is 4.77. The van der Waals surface area contributed by atoms with Gasteiger partial charge < -0.3 is 0 Å². The molecule has 0 aromatic heterocycles. The van der Waals surface area contributed by atoms with Gasteiger partial charge in [0.2, 0.25) is 5.82 Å². The molecule has 0 N–H and O–H groups in total. The lowest BCUT2D eigenvalue weighted by molar-refractivity contribution is 0.0984. The standard InChI is InChI=1S/C20H9F6NOS/c21-10-7-5-9(6-8-10)19(28)27-11-3-1-2-4-12(11)29-20(27)13-14(22)16(24)18(26)17(25)15(13)23/h1-8,20H. The van der Waals surface area contributed by atoms with Crippen molar-refractivity contribution in [2.24, 2.45) is 0 Å². The van der Waals surface area contributed by atoms with Crippen LogP contribution in [0, 0.1) is 34.9 Å². The number of benzene rings is 3. The Morgan fingerprint density at radius 1 is 0.759 bits per heavy atom. The van der Waals surface area contributed by atoms with Crippen molar-refractivity contribution in [3.63, 3.8) is 0 Å². The zero-order valence-electron chi connectivity index (χ0n) is 14.2. The first kappa shape index (κ1) is 19.4. The second kappa shape index (κ2) is 7.14. The minimum absolute atomic E-state index is 0.0161. The molecule has 29 heavy (non-hydrogen) atoms. The predicted molar refractivity (Wildman–Crippen MR) is 94.5 cm³/mol. The molecule has 1 atom stereocenters. The summed E-state index contributed by atoms with van der Waals surface area (Å²) in [6, 6.07) is 10.6. The lowest BCUT2D eigenvalue weighted by atomic mass is 10.1. The molecule has 1 heterocycles. The van der Waals surface area contributed by atoms with E-state index in [9.17, 15) is 31.1 Å². The van der Waals surface area contributed by atoms with Gasteiger partial charge in [-0.25, -0.2) is 26.3 Å². The fraction of sp³-hybridized carbons (Fsp3) is 0.0500. The van der Waals surface area contributed by atoms with E-state index in [1.165, 1.54) is 18.2 Å². The Morgan fingerprint density at radius 2 is 1.31 bits per heavy atom. The molecule has 0 bridgehead atoms. The molecule has 0 spiro atoms. The van der Waals surface area contributed by atoms with E-state index in [1.54, 1.807) is 18.2 Å². The third kappa shape index (κ3) is 3.05. The number of para-hydroxylation sites is 1. The van der Waals surface area contributed by atoms with Crippen molar-refractivity contribution in [3.8, 4) is 0 Å². The molecule has 3 aromatic carbocycles. The Balaban J connectivity index is 1.90. The van der Waals surface area contributed by atoms with Gasteiger partial charge >= 0.3 is 0 Å². The van der Waals surface area contributed by atoms with Crippen LogP contribution >= 0.6 is 11.8 Å². The third-order valence-electron chi connectivity index (χ3n) is 4.40. The van der Waals surface area contributed by atoms with Gasteiger partial charge in [0.15, 0.2) is 23.3 Å². The molecular formula is C20H9F6NOS. The van der Waals surface area contributed by atoms with Crippen molar-refractivity contribution >= 4 is 23.4 Å². The quantitative estimate of drug-likeness (QED) is 0.286. The molecule has 1 unspecified atom stereocenters. The number of carbonyl (C=O) groups is 1. The smallest absolute Gasteiger partial charge is 0.259 e. The van der Waals surface area contributed by atoms with Crippen LogP contribution in [0.5, 0.6) is 0 Å². The molecule has 3 aromatic rings. The van der Waals surface area contributed by atoms with Crippen LogP contribution in [0.3, 0.4) is 0 Å². The molecule has 0 aliphatic carbocycles. The average Bonchev–Trinajstić information content (AvgIpc) is 3.10. The number of rotatable bonds is 2. The largest absolute Gasteiger partial charge is 0.290 e. The number of hydrogen-bond acceptors (Lipinski definition) is 2. The summed E-state index contributed by atoms with van der Waals surface area (Å²) in [6.07, 6.45) is 0. The highest BCUT2D eigenvalue weighted by Gasteiger charge is 2.41. The summed E-state index contributed by atoms with van der Waals surface area (Å²) in [4.78, 5) is 14.4.